The quantitative estimate of drug-likeness (QED) is 0.312. The summed E-state index contributed by atoms with van der Waals surface area (Å²) in [6, 6.07) is 0. The van der Waals surface area contributed by atoms with Crippen LogP contribution in [0.25, 0.3) is 0 Å². The third kappa shape index (κ3) is 16.9. The number of carbonyl (C=O) groups excluding carboxylic acids is 1. The number of esters is 1. The topological polar surface area (TPSA) is 35.5 Å². The van der Waals surface area contributed by atoms with Gasteiger partial charge in [0.15, 0.2) is 0 Å². The van der Waals surface area contributed by atoms with E-state index in [9.17, 15) is 4.79 Å². The molecule has 0 saturated heterocycles. The Bertz CT molecular complexity index is 158. The van der Waals surface area contributed by atoms with Crippen LogP contribution in [0.5, 0.6) is 0 Å². The van der Waals surface area contributed by atoms with Crippen molar-refractivity contribution in [2.75, 3.05) is 20.3 Å². The van der Waals surface area contributed by atoms with Crippen LogP contribution in [0.4, 0.5) is 0 Å². The summed E-state index contributed by atoms with van der Waals surface area (Å²) >= 11 is 0. The van der Waals surface area contributed by atoms with E-state index < -0.39 is 0 Å². The number of ether oxygens (including phenoxy) is 2. The molecule has 1 radical (unpaired) electrons. The third-order valence-corrected chi connectivity index (χ3v) is 1.33. The van der Waals surface area contributed by atoms with Gasteiger partial charge >= 0.3 is 5.97 Å². The van der Waals surface area contributed by atoms with Crippen molar-refractivity contribution in [1.29, 1.82) is 0 Å². The molecule has 4 heteroatoms. The van der Waals surface area contributed by atoms with Gasteiger partial charge in [0, 0.05) is 39.8 Å². The summed E-state index contributed by atoms with van der Waals surface area (Å²) in [5.74, 6) is -0.197. The van der Waals surface area contributed by atoms with Crippen molar-refractivity contribution in [3.8, 4) is 0 Å². The summed E-state index contributed by atoms with van der Waals surface area (Å²) in [6.45, 7) is 2.86. The molecule has 0 amide bonds. The minimum Gasteiger partial charge on any atom is -0.498 e. The molecule has 0 heterocycles. The van der Waals surface area contributed by atoms with E-state index in [0.29, 0.717) is 19.6 Å². The fourth-order valence-electron chi connectivity index (χ4n) is 0.723. The average Bonchev–Trinajstić information content (AvgIpc) is 2.13. The summed E-state index contributed by atoms with van der Waals surface area (Å²) in [4.78, 5) is 10.9. The van der Waals surface area contributed by atoms with Crippen LogP contribution in [0.2, 0.25) is 0 Å². The Morgan fingerprint density at radius 1 is 1.33 bits per heavy atom. The molecule has 0 aromatic carbocycles. The molecule has 0 aliphatic heterocycles. The van der Waals surface area contributed by atoms with Gasteiger partial charge in [0.25, 0.3) is 0 Å². The van der Waals surface area contributed by atoms with E-state index in [4.69, 9.17) is 9.47 Å². The standard InChI is InChI=1S/C10H17O3.CH4.Y/c1-3-4-5-7-10(11)13-9-6-8-12-2;;/h4-6H,3,7-9H2,1-2H3;1H4;/q-1;;. The van der Waals surface area contributed by atoms with E-state index in [-0.39, 0.29) is 46.1 Å². The number of methoxy groups -OCH3 is 1. The number of hydrogen-bond donors (Lipinski definition) is 0. The Morgan fingerprint density at radius 2 is 2.00 bits per heavy atom. The molecule has 0 aliphatic rings. The van der Waals surface area contributed by atoms with Gasteiger partial charge in [-0.2, -0.15) is 0 Å². The summed E-state index contributed by atoms with van der Waals surface area (Å²) in [7, 11) is 1.60. The molecular formula is C11H21O3Y-. The molecule has 15 heavy (non-hydrogen) atoms. The van der Waals surface area contributed by atoms with Gasteiger partial charge in [0.1, 0.15) is 0 Å². The Labute approximate surface area is 118 Å². The summed E-state index contributed by atoms with van der Waals surface area (Å²) in [6.07, 6.45) is 6.83. The second-order valence-corrected chi connectivity index (χ2v) is 2.51. The van der Waals surface area contributed by atoms with Gasteiger partial charge < -0.3 is 9.47 Å². The maximum atomic E-state index is 10.9. The summed E-state index contributed by atoms with van der Waals surface area (Å²) in [5, 5.41) is 0. The first-order valence-electron chi connectivity index (χ1n) is 4.42. The van der Waals surface area contributed by atoms with Crippen LogP contribution in [0.1, 0.15) is 27.2 Å². The number of carbonyl (C=O) groups is 1. The van der Waals surface area contributed by atoms with Crippen LogP contribution >= 0.6 is 0 Å². The first-order chi connectivity index (χ1) is 6.31. The number of allylic oxidation sites excluding steroid dienone is 1. The first kappa shape index (κ1) is 20.7. The Balaban J connectivity index is -0.000000720. The summed E-state index contributed by atoms with van der Waals surface area (Å²) in [5.41, 5.74) is 0. The van der Waals surface area contributed by atoms with Crippen molar-refractivity contribution < 1.29 is 47.0 Å². The van der Waals surface area contributed by atoms with Crippen LogP contribution < -0.4 is 0 Å². The monoisotopic (exact) mass is 290 g/mol. The fourth-order valence-corrected chi connectivity index (χ4v) is 0.723. The van der Waals surface area contributed by atoms with Crippen molar-refractivity contribution >= 4 is 5.97 Å². The van der Waals surface area contributed by atoms with E-state index in [1.807, 2.05) is 19.1 Å². The van der Waals surface area contributed by atoms with Crippen molar-refractivity contribution in [2.24, 2.45) is 0 Å². The average molecular weight is 290 g/mol. The first-order valence-corrected chi connectivity index (χ1v) is 4.42. The molecule has 3 nitrogen and oxygen atoms in total. The van der Waals surface area contributed by atoms with Gasteiger partial charge in [-0.25, -0.2) is 0 Å². The third-order valence-electron chi connectivity index (χ3n) is 1.33. The predicted octanol–water partition coefficient (Wildman–Crippen LogP) is 2.37. The molecule has 87 valence electrons. The normalized spacial score (nSPS) is 9.20. The maximum absolute atomic E-state index is 10.9. The van der Waals surface area contributed by atoms with Crippen LogP contribution in [0.3, 0.4) is 0 Å². The SMILES string of the molecule is C.CCC=CCC(=O)OC[CH-]COC.[Y]. The molecular weight excluding hydrogens is 269 g/mol. The van der Waals surface area contributed by atoms with Gasteiger partial charge in [0.05, 0.1) is 6.42 Å². The van der Waals surface area contributed by atoms with Crippen LogP contribution in [-0.4, -0.2) is 26.3 Å². The van der Waals surface area contributed by atoms with Crippen molar-refractivity contribution in [3.05, 3.63) is 18.6 Å². The molecule has 0 aromatic heterocycles. The molecule has 0 unspecified atom stereocenters. The molecule has 0 N–H and O–H groups in total. The van der Waals surface area contributed by atoms with E-state index in [1.54, 1.807) is 13.5 Å². The largest absolute Gasteiger partial charge is 0.498 e. The molecule has 0 rings (SSSR count). The van der Waals surface area contributed by atoms with Crippen molar-refractivity contribution in [1.82, 2.24) is 0 Å². The summed E-state index contributed by atoms with van der Waals surface area (Å²) < 4.78 is 9.63. The smallest absolute Gasteiger partial charge is 0.307 e. The molecule has 0 saturated carbocycles. The Hall–Kier alpha value is 0.274. The van der Waals surface area contributed by atoms with Gasteiger partial charge in [-0.1, -0.05) is 33.1 Å². The van der Waals surface area contributed by atoms with Crippen LogP contribution in [0, 0.1) is 6.42 Å². The zero-order valence-corrected chi connectivity index (χ0v) is 11.7. The minimum atomic E-state index is -0.197. The van der Waals surface area contributed by atoms with Gasteiger partial charge in [0.2, 0.25) is 0 Å². The van der Waals surface area contributed by atoms with E-state index in [0.717, 1.165) is 6.42 Å². The van der Waals surface area contributed by atoms with E-state index in [1.165, 1.54) is 0 Å². The second-order valence-electron chi connectivity index (χ2n) is 2.51. The van der Waals surface area contributed by atoms with E-state index in [2.05, 4.69) is 0 Å². The zero-order chi connectivity index (χ0) is 9.94. The van der Waals surface area contributed by atoms with Crippen molar-refractivity contribution in [2.45, 2.75) is 27.2 Å². The van der Waals surface area contributed by atoms with E-state index >= 15 is 0 Å². The second kappa shape index (κ2) is 16.7. The molecule has 0 aliphatic carbocycles. The number of hydrogen-bond acceptors (Lipinski definition) is 3. The number of rotatable bonds is 7. The van der Waals surface area contributed by atoms with Gasteiger partial charge in [-0.05, 0) is 13.0 Å². The Kier molecular flexibility index (Phi) is 23.0. The van der Waals surface area contributed by atoms with Gasteiger partial charge in [-0.3, -0.25) is 11.2 Å². The molecule has 0 aromatic rings. The molecule has 0 spiro atoms. The van der Waals surface area contributed by atoms with Crippen LogP contribution in [-0.2, 0) is 47.0 Å². The van der Waals surface area contributed by atoms with Crippen LogP contribution in [0.15, 0.2) is 12.2 Å². The fraction of sp³-hybridized carbons (Fsp3) is 0.636. The molecule has 0 fully saturated rings. The zero-order valence-electron chi connectivity index (χ0n) is 8.86. The Morgan fingerprint density at radius 3 is 2.53 bits per heavy atom. The van der Waals surface area contributed by atoms with Gasteiger partial charge in [-0.15, -0.1) is 0 Å². The molecule has 0 atom stereocenters. The minimum absolute atomic E-state index is 0. The maximum Gasteiger partial charge on any atom is 0.307 e. The predicted molar refractivity (Wildman–Crippen MR) is 57.9 cm³/mol. The molecule has 0 bridgehead atoms. The van der Waals surface area contributed by atoms with Crippen molar-refractivity contribution in [3.63, 3.8) is 0 Å².